The zero-order chi connectivity index (χ0) is 20.1. The van der Waals surface area contributed by atoms with Crippen molar-refractivity contribution in [2.75, 3.05) is 13.7 Å². The van der Waals surface area contributed by atoms with E-state index >= 15 is 0 Å². The van der Waals surface area contributed by atoms with Crippen molar-refractivity contribution in [1.29, 1.82) is 0 Å². The normalized spacial score (nSPS) is 33.4. The van der Waals surface area contributed by atoms with Gasteiger partial charge in [0.05, 0.1) is 29.4 Å². The number of carbonyl (C=O) groups is 4. The maximum Gasteiger partial charge on any atom is 0.421 e. The fourth-order valence-corrected chi connectivity index (χ4v) is 5.45. The molecule has 148 valence electrons. The van der Waals surface area contributed by atoms with Gasteiger partial charge in [-0.2, -0.15) is 13.2 Å². The molecule has 3 saturated heterocycles. The summed E-state index contributed by atoms with van der Waals surface area (Å²) in [5.74, 6) is -5.31. The number of methoxy groups -OCH3 is 1. The lowest BCUT2D eigenvalue weighted by molar-refractivity contribution is -0.160. The molecule has 0 radical (unpaired) electrons. The maximum atomic E-state index is 12.4. The van der Waals surface area contributed by atoms with Crippen LogP contribution >= 0.6 is 11.8 Å². The predicted octanol–water partition coefficient (Wildman–Crippen LogP) is -0.0387. The van der Waals surface area contributed by atoms with Gasteiger partial charge in [0.2, 0.25) is 0 Å². The number of ether oxygens (including phenoxy) is 3. The molecule has 8 nitrogen and oxygen atoms in total. The van der Waals surface area contributed by atoms with E-state index in [-0.39, 0.29) is 5.25 Å². The molecule has 3 aliphatic heterocycles. The largest absolute Gasteiger partial charge is 0.469 e. The van der Waals surface area contributed by atoms with Gasteiger partial charge in [-0.3, -0.25) is 19.2 Å². The highest BCUT2D eigenvalue weighted by Gasteiger charge is 2.71. The Bertz CT molecular complexity index is 725. The number of carbonyl (C=O) groups excluding carboxylic acids is 4. The third-order valence-electron chi connectivity index (χ3n) is 4.66. The maximum absolute atomic E-state index is 12.4. The monoisotopic (exact) mass is 409 g/mol. The topological polar surface area (TPSA) is 108 Å². The number of hydrogen-bond acceptors (Lipinski definition) is 8. The van der Waals surface area contributed by atoms with Crippen molar-refractivity contribution in [1.82, 2.24) is 5.32 Å². The van der Waals surface area contributed by atoms with Crippen molar-refractivity contribution in [2.24, 2.45) is 11.8 Å². The third-order valence-corrected chi connectivity index (χ3v) is 6.41. The fourth-order valence-electron chi connectivity index (χ4n) is 3.46. The van der Waals surface area contributed by atoms with E-state index in [0.29, 0.717) is 0 Å². The van der Waals surface area contributed by atoms with Crippen molar-refractivity contribution in [3.8, 4) is 0 Å². The number of nitrogens with one attached hydrogen (secondary N) is 1. The second-order valence-corrected chi connectivity index (χ2v) is 7.52. The Morgan fingerprint density at radius 1 is 1.30 bits per heavy atom. The summed E-state index contributed by atoms with van der Waals surface area (Å²) in [6, 6.07) is 0. The van der Waals surface area contributed by atoms with Gasteiger partial charge in [0.1, 0.15) is 12.1 Å². The van der Waals surface area contributed by atoms with Crippen LogP contribution in [0.5, 0.6) is 0 Å². The first-order valence-corrected chi connectivity index (χ1v) is 8.68. The number of amides is 1. The van der Waals surface area contributed by atoms with E-state index < -0.39 is 71.4 Å². The Hall–Kier alpha value is -2.24. The van der Waals surface area contributed by atoms with Crippen LogP contribution in [0.2, 0.25) is 0 Å². The molecular weight excluding hydrogens is 395 g/mol. The third kappa shape index (κ3) is 3.26. The summed E-state index contributed by atoms with van der Waals surface area (Å²) in [6.45, 7) is 1.78. The number of esters is 3. The van der Waals surface area contributed by atoms with Crippen LogP contribution in [0, 0.1) is 11.8 Å². The average molecular weight is 409 g/mol. The molecule has 3 rings (SSSR count). The quantitative estimate of drug-likeness (QED) is 0.383. The number of fused-ring (bicyclic) bond motifs is 1. The van der Waals surface area contributed by atoms with Crippen LogP contribution in [0.1, 0.15) is 0 Å². The molecule has 0 aliphatic carbocycles. The molecule has 0 aromatic heterocycles. The highest BCUT2D eigenvalue weighted by molar-refractivity contribution is 8.01. The van der Waals surface area contributed by atoms with E-state index in [1.54, 1.807) is 5.32 Å². The molecule has 0 spiro atoms. The molecule has 12 heteroatoms. The molecular formula is C15H14F3NO7S. The van der Waals surface area contributed by atoms with Gasteiger partial charge in [0.15, 0.2) is 12.2 Å². The van der Waals surface area contributed by atoms with Gasteiger partial charge in [-0.05, 0) is 0 Å². The van der Waals surface area contributed by atoms with Crippen molar-refractivity contribution >= 4 is 35.6 Å². The molecule has 6 atom stereocenters. The Morgan fingerprint density at radius 2 is 1.96 bits per heavy atom. The minimum atomic E-state index is -4.92. The molecule has 3 fully saturated rings. The summed E-state index contributed by atoms with van der Waals surface area (Å²) in [5, 5.41) is 0.818. The minimum Gasteiger partial charge on any atom is -0.469 e. The van der Waals surface area contributed by atoms with E-state index in [0.717, 1.165) is 0 Å². The Balaban J connectivity index is 1.62. The van der Waals surface area contributed by atoms with Crippen LogP contribution in [0.15, 0.2) is 12.2 Å². The highest BCUT2D eigenvalue weighted by atomic mass is 32.2. The van der Waals surface area contributed by atoms with Crippen molar-refractivity contribution in [2.45, 2.75) is 28.9 Å². The van der Waals surface area contributed by atoms with Gasteiger partial charge in [0.25, 0.3) is 5.91 Å². The number of rotatable bonds is 5. The zero-order valence-corrected chi connectivity index (χ0v) is 14.6. The summed E-state index contributed by atoms with van der Waals surface area (Å²) in [4.78, 5) is 47.3. The number of halogens is 3. The first-order valence-electron chi connectivity index (χ1n) is 7.73. The van der Waals surface area contributed by atoms with Gasteiger partial charge in [-0.1, -0.05) is 6.58 Å². The van der Waals surface area contributed by atoms with Gasteiger partial charge >= 0.3 is 24.1 Å². The van der Waals surface area contributed by atoms with Crippen LogP contribution in [-0.2, 0) is 33.4 Å². The van der Waals surface area contributed by atoms with E-state index in [2.05, 4.69) is 6.58 Å². The fraction of sp³-hybridized carbons (Fsp3) is 0.600. The van der Waals surface area contributed by atoms with Crippen LogP contribution in [0.3, 0.4) is 0 Å². The molecule has 6 unspecified atom stereocenters. The SMILES string of the molecule is C=C(C(=O)NCC(=O)OC1C2OC(=O)C3C2SC1C3C(=O)OC)C(F)(F)F. The molecule has 3 heterocycles. The molecule has 0 aromatic rings. The Labute approximate surface area is 154 Å². The lowest BCUT2D eigenvalue weighted by Crippen LogP contribution is -2.48. The Kier molecular flexibility index (Phi) is 4.87. The molecule has 2 bridgehead atoms. The van der Waals surface area contributed by atoms with E-state index in [1.165, 1.54) is 18.9 Å². The lowest BCUT2D eigenvalue weighted by atomic mass is 9.78. The molecule has 0 saturated carbocycles. The van der Waals surface area contributed by atoms with Crippen LogP contribution in [0.4, 0.5) is 13.2 Å². The smallest absolute Gasteiger partial charge is 0.421 e. The minimum absolute atomic E-state index is 0.371. The first kappa shape index (κ1) is 19.5. The van der Waals surface area contributed by atoms with Gasteiger partial charge < -0.3 is 19.5 Å². The molecule has 0 aromatic carbocycles. The number of alkyl halides is 3. The van der Waals surface area contributed by atoms with Crippen LogP contribution in [0.25, 0.3) is 0 Å². The van der Waals surface area contributed by atoms with Crippen molar-refractivity contribution < 1.29 is 46.6 Å². The highest BCUT2D eigenvalue weighted by Crippen LogP contribution is 2.59. The van der Waals surface area contributed by atoms with Gasteiger partial charge in [0, 0.05) is 0 Å². The van der Waals surface area contributed by atoms with Crippen LogP contribution < -0.4 is 5.32 Å². The number of hydrogen-bond donors (Lipinski definition) is 1. The van der Waals surface area contributed by atoms with Gasteiger partial charge in [-0.25, -0.2) is 0 Å². The first-order chi connectivity index (χ1) is 12.6. The molecule has 27 heavy (non-hydrogen) atoms. The van der Waals surface area contributed by atoms with Crippen molar-refractivity contribution in [3.05, 3.63) is 12.2 Å². The van der Waals surface area contributed by atoms with Crippen molar-refractivity contribution in [3.63, 3.8) is 0 Å². The summed E-state index contributed by atoms with van der Waals surface area (Å²) in [5.41, 5.74) is -1.65. The zero-order valence-electron chi connectivity index (χ0n) is 13.8. The van der Waals surface area contributed by atoms with E-state index in [1.807, 2.05) is 0 Å². The lowest BCUT2D eigenvalue weighted by Gasteiger charge is -2.28. The summed E-state index contributed by atoms with van der Waals surface area (Å²) in [6.07, 6.45) is -6.62. The summed E-state index contributed by atoms with van der Waals surface area (Å²) in [7, 11) is 1.17. The average Bonchev–Trinajstić information content (AvgIpc) is 3.21. The van der Waals surface area contributed by atoms with E-state index in [4.69, 9.17) is 14.2 Å². The predicted molar refractivity (Wildman–Crippen MR) is 82.1 cm³/mol. The molecule has 3 aliphatic rings. The second kappa shape index (κ2) is 6.73. The summed E-state index contributed by atoms with van der Waals surface area (Å²) < 4.78 is 52.2. The molecule has 1 amide bonds. The second-order valence-electron chi connectivity index (χ2n) is 6.16. The van der Waals surface area contributed by atoms with Gasteiger partial charge in [-0.15, -0.1) is 11.8 Å². The Morgan fingerprint density at radius 3 is 2.56 bits per heavy atom. The summed E-state index contributed by atoms with van der Waals surface area (Å²) >= 11 is 1.27. The van der Waals surface area contributed by atoms with E-state index in [9.17, 15) is 32.3 Å². The van der Waals surface area contributed by atoms with Crippen LogP contribution in [-0.4, -0.2) is 66.4 Å². The standard InChI is InChI=1S/C15H14F3NO7S/c1-4(15(16,17)18)12(21)19-3-5(20)25-8-9-11-7(14(23)26-9)6(10(8)27-11)13(22)24-2/h6-11H,1,3H2,2H3,(H,19,21). The number of thioether (sulfide) groups is 1. The molecule has 1 N–H and O–H groups in total.